The van der Waals surface area contributed by atoms with E-state index in [1.54, 1.807) is 25.3 Å². The van der Waals surface area contributed by atoms with E-state index in [1.165, 1.54) is 4.57 Å². The minimum absolute atomic E-state index is 0.102. The van der Waals surface area contributed by atoms with Gasteiger partial charge in [0.1, 0.15) is 12.3 Å². The number of hydrogen-bond donors (Lipinski definition) is 2. The minimum atomic E-state index is -0.260. The van der Waals surface area contributed by atoms with E-state index >= 15 is 0 Å². The number of nitrogens with zero attached hydrogens (tertiary/aromatic N) is 1. The molecule has 1 amide bonds. The van der Waals surface area contributed by atoms with Gasteiger partial charge in [0.25, 0.3) is 5.56 Å². The summed E-state index contributed by atoms with van der Waals surface area (Å²) in [5.74, 6) is 0.358. The van der Waals surface area contributed by atoms with Gasteiger partial charge in [0.2, 0.25) is 5.91 Å². The van der Waals surface area contributed by atoms with Crippen molar-refractivity contribution < 1.29 is 9.53 Å². The summed E-state index contributed by atoms with van der Waals surface area (Å²) in [6, 6.07) is 24.3. The highest BCUT2D eigenvalue weighted by molar-refractivity contribution is 6.30. The van der Waals surface area contributed by atoms with Gasteiger partial charge in [-0.05, 0) is 53.4 Å². The number of methoxy groups -OCH3 is 1. The summed E-state index contributed by atoms with van der Waals surface area (Å²) in [4.78, 5) is 26.1. The summed E-state index contributed by atoms with van der Waals surface area (Å²) >= 11 is 5.92. The van der Waals surface area contributed by atoms with Gasteiger partial charge < -0.3 is 15.4 Å². The van der Waals surface area contributed by atoms with E-state index in [9.17, 15) is 9.59 Å². The molecule has 7 heteroatoms. The lowest BCUT2D eigenvalue weighted by Crippen LogP contribution is -2.33. The molecule has 0 fully saturated rings. The Morgan fingerprint density at radius 3 is 2.45 bits per heavy atom. The lowest BCUT2D eigenvalue weighted by Gasteiger charge is -2.15. The Hall–Kier alpha value is -3.77. The molecular weight excluding hydrogens is 438 g/mol. The molecule has 6 nitrogen and oxygen atoms in total. The Morgan fingerprint density at radius 2 is 1.73 bits per heavy atom. The maximum absolute atomic E-state index is 13.3. The number of hydrogen-bond acceptors (Lipinski definition) is 4. The van der Waals surface area contributed by atoms with Gasteiger partial charge in [0.15, 0.2) is 0 Å². The average Bonchev–Trinajstić information content (AvgIpc) is 2.84. The smallest absolute Gasteiger partial charge is 0.256 e. The van der Waals surface area contributed by atoms with E-state index in [0.29, 0.717) is 34.9 Å². The summed E-state index contributed by atoms with van der Waals surface area (Å²) in [7, 11) is 1.57. The molecule has 0 atom stereocenters. The van der Waals surface area contributed by atoms with Crippen molar-refractivity contribution in [1.82, 2.24) is 9.88 Å². The molecule has 33 heavy (non-hydrogen) atoms. The third-order valence-electron chi connectivity index (χ3n) is 5.34. The number of aromatic nitrogens is 1. The van der Waals surface area contributed by atoms with Gasteiger partial charge in [-0.15, -0.1) is 0 Å². The zero-order valence-electron chi connectivity index (χ0n) is 18.2. The summed E-state index contributed by atoms with van der Waals surface area (Å²) in [6.45, 7) is 0.591. The van der Waals surface area contributed by atoms with Gasteiger partial charge in [-0.1, -0.05) is 41.9 Å². The maximum atomic E-state index is 13.3. The van der Waals surface area contributed by atoms with Crippen molar-refractivity contribution in [3.8, 4) is 5.75 Å². The van der Waals surface area contributed by atoms with Crippen molar-refractivity contribution in [2.75, 3.05) is 12.4 Å². The van der Waals surface area contributed by atoms with Crippen LogP contribution >= 0.6 is 11.6 Å². The number of fused-ring (bicyclic) bond motifs is 1. The molecule has 0 aliphatic carbocycles. The number of benzene rings is 3. The van der Waals surface area contributed by atoms with Crippen LogP contribution in [0.25, 0.3) is 10.9 Å². The van der Waals surface area contributed by atoms with Crippen LogP contribution in [0.2, 0.25) is 5.02 Å². The van der Waals surface area contributed by atoms with Crippen molar-refractivity contribution >= 4 is 34.1 Å². The second kappa shape index (κ2) is 10.2. The highest BCUT2D eigenvalue weighted by atomic mass is 35.5. The lowest BCUT2D eigenvalue weighted by molar-refractivity contribution is -0.121. The van der Waals surface area contributed by atoms with Crippen LogP contribution in [0.15, 0.2) is 83.7 Å². The van der Waals surface area contributed by atoms with Crippen LogP contribution in [0.5, 0.6) is 5.75 Å². The van der Waals surface area contributed by atoms with Crippen molar-refractivity contribution in [3.63, 3.8) is 0 Å². The van der Waals surface area contributed by atoms with Crippen LogP contribution in [0, 0.1) is 0 Å². The Balaban J connectivity index is 1.60. The highest BCUT2D eigenvalue weighted by Crippen LogP contribution is 2.21. The van der Waals surface area contributed by atoms with Gasteiger partial charge in [0.05, 0.1) is 12.6 Å². The van der Waals surface area contributed by atoms with Crippen molar-refractivity contribution in [1.29, 1.82) is 0 Å². The lowest BCUT2D eigenvalue weighted by atomic mass is 10.1. The first-order valence-corrected chi connectivity index (χ1v) is 10.9. The molecule has 0 radical (unpaired) electrons. The standard InChI is InChI=1S/C26H24ClN3O3/c1-33-23-12-9-19-13-20(16-28-22-5-3-2-4-6-22)26(32)30(24(19)14-23)17-25(31)29-15-18-7-10-21(27)11-8-18/h2-14,28H,15-17H2,1H3,(H,29,31). The van der Waals surface area contributed by atoms with Gasteiger partial charge >= 0.3 is 0 Å². The normalized spacial score (nSPS) is 10.7. The first-order valence-electron chi connectivity index (χ1n) is 10.5. The summed E-state index contributed by atoms with van der Waals surface area (Å²) in [5, 5.41) is 7.64. The molecule has 0 aliphatic heterocycles. The molecule has 0 spiro atoms. The number of amides is 1. The maximum Gasteiger partial charge on any atom is 0.256 e. The van der Waals surface area contributed by atoms with Gasteiger partial charge in [0, 0.05) is 35.4 Å². The molecule has 4 aromatic rings. The molecule has 0 saturated carbocycles. The molecule has 168 valence electrons. The van der Waals surface area contributed by atoms with Crippen molar-refractivity contribution in [3.05, 3.63) is 105 Å². The van der Waals surface area contributed by atoms with E-state index in [1.807, 2.05) is 60.7 Å². The van der Waals surface area contributed by atoms with Crippen LogP contribution in [-0.4, -0.2) is 17.6 Å². The monoisotopic (exact) mass is 461 g/mol. The van der Waals surface area contributed by atoms with Gasteiger partial charge in [-0.2, -0.15) is 0 Å². The van der Waals surface area contributed by atoms with E-state index in [4.69, 9.17) is 16.3 Å². The fourth-order valence-electron chi connectivity index (χ4n) is 3.58. The Kier molecular flexibility index (Phi) is 6.95. The molecule has 4 rings (SSSR count). The Labute approximate surface area is 196 Å². The third kappa shape index (κ3) is 5.54. The minimum Gasteiger partial charge on any atom is -0.497 e. The Bertz CT molecular complexity index is 1320. The van der Waals surface area contributed by atoms with Gasteiger partial charge in [-0.25, -0.2) is 0 Å². The van der Waals surface area contributed by atoms with E-state index in [-0.39, 0.29) is 18.0 Å². The predicted octanol–water partition coefficient (Wildman–Crippen LogP) is 4.59. The zero-order chi connectivity index (χ0) is 23.2. The molecule has 0 bridgehead atoms. The number of para-hydroxylation sites is 1. The second-order valence-electron chi connectivity index (χ2n) is 7.61. The fraction of sp³-hybridized carbons (Fsp3) is 0.154. The largest absolute Gasteiger partial charge is 0.497 e. The summed E-state index contributed by atoms with van der Waals surface area (Å²) in [5.41, 5.74) is 2.83. The summed E-state index contributed by atoms with van der Waals surface area (Å²) in [6.07, 6.45) is 0. The Morgan fingerprint density at radius 1 is 0.970 bits per heavy atom. The molecule has 0 saturated heterocycles. The number of nitrogens with one attached hydrogen (secondary N) is 2. The van der Waals surface area contributed by atoms with Crippen LogP contribution in [0.3, 0.4) is 0 Å². The number of ether oxygens (including phenoxy) is 1. The third-order valence-corrected chi connectivity index (χ3v) is 5.59. The average molecular weight is 462 g/mol. The molecule has 0 unspecified atom stereocenters. The quantitative estimate of drug-likeness (QED) is 0.402. The van der Waals surface area contributed by atoms with Crippen LogP contribution in [0.1, 0.15) is 11.1 Å². The number of carbonyl (C=O) groups is 1. The second-order valence-corrected chi connectivity index (χ2v) is 8.04. The van der Waals surface area contributed by atoms with Crippen LogP contribution in [0.4, 0.5) is 5.69 Å². The number of pyridine rings is 1. The SMILES string of the molecule is COc1ccc2cc(CNc3ccccc3)c(=O)n(CC(=O)NCc3ccc(Cl)cc3)c2c1. The first-order chi connectivity index (χ1) is 16.0. The number of rotatable bonds is 8. The van der Waals surface area contributed by atoms with E-state index < -0.39 is 0 Å². The van der Waals surface area contributed by atoms with Crippen LogP contribution < -0.4 is 20.9 Å². The van der Waals surface area contributed by atoms with Gasteiger partial charge in [-0.3, -0.25) is 14.2 Å². The molecular formula is C26H24ClN3O3. The van der Waals surface area contributed by atoms with Crippen molar-refractivity contribution in [2.45, 2.75) is 19.6 Å². The number of carbonyl (C=O) groups excluding carboxylic acids is 1. The molecule has 0 aliphatic rings. The van der Waals surface area contributed by atoms with Crippen LogP contribution in [-0.2, 0) is 24.4 Å². The number of halogens is 1. The van der Waals surface area contributed by atoms with E-state index in [0.717, 1.165) is 16.6 Å². The fourth-order valence-corrected chi connectivity index (χ4v) is 3.70. The highest BCUT2D eigenvalue weighted by Gasteiger charge is 2.13. The number of anilines is 1. The topological polar surface area (TPSA) is 72.4 Å². The molecule has 1 aromatic heterocycles. The zero-order valence-corrected chi connectivity index (χ0v) is 18.9. The molecule has 1 heterocycles. The molecule has 2 N–H and O–H groups in total. The first kappa shape index (κ1) is 22.4. The van der Waals surface area contributed by atoms with Crippen molar-refractivity contribution in [2.24, 2.45) is 0 Å². The predicted molar refractivity (Wildman–Crippen MR) is 132 cm³/mol. The summed E-state index contributed by atoms with van der Waals surface area (Å²) < 4.78 is 6.83. The van der Waals surface area contributed by atoms with E-state index in [2.05, 4.69) is 10.6 Å². The molecule has 3 aromatic carbocycles.